The van der Waals surface area contributed by atoms with Crippen LogP contribution < -0.4 is 4.90 Å². The minimum atomic E-state index is 0.865. The van der Waals surface area contributed by atoms with E-state index in [4.69, 9.17) is 4.42 Å². The van der Waals surface area contributed by atoms with Crippen molar-refractivity contribution in [3.8, 4) is 16.8 Å². The van der Waals surface area contributed by atoms with Gasteiger partial charge in [0, 0.05) is 50.1 Å². The predicted octanol–water partition coefficient (Wildman–Crippen LogP) is 15.3. The topological polar surface area (TPSA) is 21.3 Å². The highest BCUT2D eigenvalue weighted by Gasteiger charge is 2.21. The highest BCUT2D eigenvalue weighted by Crippen LogP contribution is 2.45. The minimum absolute atomic E-state index is 0.865. The summed E-state index contributed by atoms with van der Waals surface area (Å²) in [5, 5.41) is 11.9. The molecule has 57 heavy (non-hydrogen) atoms. The van der Waals surface area contributed by atoms with Gasteiger partial charge in [-0.15, -0.1) is 0 Å². The third kappa shape index (κ3) is 4.99. The highest BCUT2D eigenvalue weighted by molar-refractivity contribution is 6.17. The van der Waals surface area contributed by atoms with Crippen molar-refractivity contribution in [3.05, 3.63) is 206 Å². The van der Waals surface area contributed by atoms with E-state index in [9.17, 15) is 0 Å². The van der Waals surface area contributed by atoms with E-state index in [0.29, 0.717) is 0 Å². The number of hydrogen-bond acceptors (Lipinski definition) is 2. The van der Waals surface area contributed by atoms with Gasteiger partial charge in [-0.1, -0.05) is 133 Å². The second-order valence-corrected chi connectivity index (χ2v) is 14.9. The van der Waals surface area contributed by atoms with Gasteiger partial charge in [-0.05, 0) is 105 Å². The zero-order chi connectivity index (χ0) is 37.5. The van der Waals surface area contributed by atoms with E-state index in [1.807, 2.05) is 0 Å². The average molecular weight is 727 g/mol. The molecule has 2 heterocycles. The molecule has 0 saturated carbocycles. The fourth-order valence-corrected chi connectivity index (χ4v) is 9.07. The fourth-order valence-electron chi connectivity index (χ4n) is 9.07. The summed E-state index contributed by atoms with van der Waals surface area (Å²) in [6.45, 7) is 0. The number of anilines is 3. The van der Waals surface area contributed by atoms with E-state index in [1.165, 1.54) is 59.7 Å². The molecule has 0 saturated heterocycles. The molecule has 0 spiro atoms. The number of benzene rings is 10. The first-order chi connectivity index (χ1) is 28.2. The monoisotopic (exact) mass is 726 g/mol. The van der Waals surface area contributed by atoms with Gasteiger partial charge in [-0.2, -0.15) is 0 Å². The van der Waals surface area contributed by atoms with E-state index in [0.717, 1.165) is 50.2 Å². The molecule has 3 heteroatoms. The summed E-state index contributed by atoms with van der Waals surface area (Å²) < 4.78 is 9.08. The zero-order valence-corrected chi connectivity index (χ0v) is 30.9. The van der Waals surface area contributed by atoms with E-state index < -0.39 is 0 Å². The van der Waals surface area contributed by atoms with Crippen LogP contribution in [0.3, 0.4) is 0 Å². The Balaban J connectivity index is 1.11. The number of fused-ring (bicyclic) bond motifs is 10. The van der Waals surface area contributed by atoms with Gasteiger partial charge in [0.2, 0.25) is 0 Å². The van der Waals surface area contributed by atoms with Crippen molar-refractivity contribution < 1.29 is 4.42 Å². The minimum Gasteiger partial charge on any atom is -0.456 e. The molecule has 3 nitrogen and oxygen atoms in total. The quantitative estimate of drug-likeness (QED) is 0.165. The number of aromatic nitrogens is 1. The number of rotatable bonds is 5. The first-order valence-corrected chi connectivity index (χ1v) is 19.5. The molecule has 0 aliphatic carbocycles. The maximum atomic E-state index is 6.67. The van der Waals surface area contributed by atoms with Crippen LogP contribution in [-0.4, -0.2) is 4.57 Å². The molecule has 0 aliphatic heterocycles. The Morgan fingerprint density at radius 2 is 0.965 bits per heavy atom. The molecule has 266 valence electrons. The number of hydrogen-bond donors (Lipinski definition) is 0. The number of furan rings is 1. The van der Waals surface area contributed by atoms with Crippen LogP contribution in [0.1, 0.15) is 0 Å². The van der Waals surface area contributed by atoms with Crippen LogP contribution in [0.25, 0.3) is 92.9 Å². The van der Waals surface area contributed by atoms with Gasteiger partial charge in [0.15, 0.2) is 0 Å². The van der Waals surface area contributed by atoms with Crippen molar-refractivity contribution in [1.29, 1.82) is 0 Å². The summed E-state index contributed by atoms with van der Waals surface area (Å²) in [6, 6.07) is 74.6. The van der Waals surface area contributed by atoms with Gasteiger partial charge in [0.05, 0.1) is 16.7 Å². The molecule has 12 rings (SSSR count). The molecule has 0 amide bonds. The molecule has 0 radical (unpaired) electrons. The van der Waals surface area contributed by atoms with Crippen LogP contribution in [0.2, 0.25) is 0 Å². The highest BCUT2D eigenvalue weighted by atomic mass is 16.3. The maximum Gasteiger partial charge on any atom is 0.137 e. The molecule has 0 atom stereocenters. The normalized spacial score (nSPS) is 11.9. The van der Waals surface area contributed by atoms with Crippen LogP contribution in [0.5, 0.6) is 0 Å². The Kier molecular flexibility index (Phi) is 6.93. The Hall–Kier alpha value is -7.62. The largest absolute Gasteiger partial charge is 0.456 e. The summed E-state index contributed by atoms with van der Waals surface area (Å²) >= 11 is 0. The van der Waals surface area contributed by atoms with E-state index >= 15 is 0 Å². The smallest absolute Gasteiger partial charge is 0.137 e. The summed E-state index contributed by atoms with van der Waals surface area (Å²) in [7, 11) is 0. The van der Waals surface area contributed by atoms with Crippen LogP contribution in [0, 0.1) is 0 Å². The zero-order valence-electron chi connectivity index (χ0n) is 30.9. The lowest BCUT2D eigenvalue weighted by molar-refractivity contribution is 0.669. The summed E-state index contributed by atoms with van der Waals surface area (Å²) in [5.74, 6) is 0. The van der Waals surface area contributed by atoms with Crippen molar-refractivity contribution in [3.63, 3.8) is 0 Å². The fraction of sp³-hybridized carbons (Fsp3) is 0. The van der Waals surface area contributed by atoms with Gasteiger partial charge in [0.25, 0.3) is 0 Å². The first kappa shape index (κ1) is 31.7. The molecular weight excluding hydrogens is 693 g/mol. The van der Waals surface area contributed by atoms with Crippen molar-refractivity contribution in [2.75, 3.05) is 4.90 Å². The van der Waals surface area contributed by atoms with Crippen molar-refractivity contribution in [2.24, 2.45) is 0 Å². The van der Waals surface area contributed by atoms with Crippen LogP contribution in [0.15, 0.2) is 211 Å². The standard InChI is InChI=1S/C54H34N2O/c1-2-13-35(14-3-1)36-18-12-19-40(29-36)56-50-24-11-10-23-46(50)48-33-41(26-28-51(48)56)55(52-31-39-17-6-7-20-43(39)44-21-8-9-22-45(44)52)42-25-27-47-49-30-37-15-4-5-16-38(37)32-53(49)57-54(47)34-42/h1-34H. The third-order valence-corrected chi connectivity index (χ3v) is 11.7. The van der Waals surface area contributed by atoms with Crippen molar-refractivity contribution >= 4 is 93.1 Å². The molecule has 2 aromatic heterocycles. The lowest BCUT2D eigenvalue weighted by atomic mass is 9.98. The number of nitrogens with zero attached hydrogens (tertiary/aromatic N) is 2. The number of para-hydroxylation sites is 1. The van der Waals surface area contributed by atoms with Gasteiger partial charge < -0.3 is 13.9 Å². The second-order valence-electron chi connectivity index (χ2n) is 14.9. The van der Waals surface area contributed by atoms with E-state index in [2.05, 4.69) is 216 Å². The van der Waals surface area contributed by atoms with Gasteiger partial charge in [-0.25, -0.2) is 0 Å². The Labute approximate surface area is 328 Å². The van der Waals surface area contributed by atoms with Gasteiger partial charge in [-0.3, -0.25) is 0 Å². The molecule has 0 aliphatic rings. The van der Waals surface area contributed by atoms with Gasteiger partial charge >= 0.3 is 0 Å². The van der Waals surface area contributed by atoms with Crippen LogP contribution in [0.4, 0.5) is 17.1 Å². The Morgan fingerprint density at radius 1 is 0.333 bits per heavy atom. The van der Waals surface area contributed by atoms with E-state index in [1.54, 1.807) is 0 Å². The Bertz CT molecular complexity index is 3540. The molecule has 0 unspecified atom stereocenters. The summed E-state index contributed by atoms with van der Waals surface area (Å²) in [5.41, 5.74) is 10.9. The molecule has 10 aromatic carbocycles. The second kappa shape index (κ2) is 12.5. The molecule has 12 aromatic rings. The molecule has 0 fully saturated rings. The summed E-state index contributed by atoms with van der Waals surface area (Å²) in [4.78, 5) is 2.42. The Morgan fingerprint density at radius 3 is 1.82 bits per heavy atom. The summed E-state index contributed by atoms with van der Waals surface area (Å²) in [6.07, 6.45) is 0. The molecule has 0 bridgehead atoms. The van der Waals surface area contributed by atoms with Crippen molar-refractivity contribution in [1.82, 2.24) is 4.57 Å². The maximum absolute atomic E-state index is 6.67. The lowest BCUT2D eigenvalue weighted by Crippen LogP contribution is -2.10. The lowest BCUT2D eigenvalue weighted by Gasteiger charge is -2.28. The first-order valence-electron chi connectivity index (χ1n) is 19.5. The van der Waals surface area contributed by atoms with Gasteiger partial charge in [0.1, 0.15) is 11.2 Å². The van der Waals surface area contributed by atoms with E-state index in [-0.39, 0.29) is 0 Å². The van der Waals surface area contributed by atoms with Crippen LogP contribution >= 0.6 is 0 Å². The molecular formula is C54H34N2O. The van der Waals surface area contributed by atoms with Crippen LogP contribution in [-0.2, 0) is 0 Å². The third-order valence-electron chi connectivity index (χ3n) is 11.7. The average Bonchev–Trinajstić information content (AvgIpc) is 3.80. The predicted molar refractivity (Wildman–Crippen MR) is 241 cm³/mol. The van der Waals surface area contributed by atoms with Crippen molar-refractivity contribution in [2.45, 2.75) is 0 Å². The molecule has 0 N–H and O–H groups in total. The SMILES string of the molecule is c1ccc(-c2cccc(-n3c4ccccc4c4cc(N(c5ccc6c(c5)oc5cc7ccccc7cc56)c5cc6ccccc6c6ccccc56)ccc43)c2)cc1.